The summed E-state index contributed by atoms with van der Waals surface area (Å²) in [5, 5.41) is 3.41. The first kappa shape index (κ1) is 11.9. The normalized spacial score (nSPS) is 25.1. The van der Waals surface area contributed by atoms with Gasteiger partial charge < -0.3 is 15.0 Å². The summed E-state index contributed by atoms with van der Waals surface area (Å²) < 4.78 is 5.68. The number of hydrogen-bond donors (Lipinski definition) is 1. The molecular formula is C13H20N4O. The Kier molecular flexibility index (Phi) is 3.71. The second-order valence-corrected chi connectivity index (χ2v) is 4.89. The molecule has 3 rings (SSSR count). The lowest BCUT2D eigenvalue weighted by Gasteiger charge is -2.21. The largest absolute Gasteiger partial charge is 0.372 e. The number of rotatable bonds is 2. The van der Waals surface area contributed by atoms with Gasteiger partial charge in [0.05, 0.1) is 11.8 Å². The maximum atomic E-state index is 5.68. The Bertz CT molecular complexity index is 384. The van der Waals surface area contributed by atoms with E-state index in [4.69, 9.17) is 4.74 Å². The Labute approximate surface area is 108 Å². The molecule has 0 spiro atoms. The topological polar surface area (TPSA) is 50.3 Å². The van der Waals surface area contributed by atoms with Gasteiger partial charge >= 0.3 is 0 Å². The molecule has 5 nitrogen and oxygen atoms in total. The molecule has 2 aliphatic heterocycles. The highest BCUT2D eigenvalue weighted by Gasteiger charge is 2.20. The third kappa shape index (κ3) is 2.62. The molecule has 3 heterocycles. The van der Waals surface area contributed by atoms with Crippen molar-refractivity contribution in [2.45, 2.75) is 25.4 Å². The molecule has 0 aliphatic carbocycles. The van der Waals surface area contributed by atoms with Gasteiger partial charge in [0.15, 0.2) is 0 Å². The number of nitrogens with one attached hydrogen (secondary N) is 1. The van der Waals surface area contributed by atoms with Crippen LogP contribution in [0.15, 0.2) is 12.4 Å². The summed E-state index contributed by atoms with van der Waals surface area (Å²) >= 11 is 0. The minimum atomic E-state index is 0.178. The Morgan fingerprint density at radius 1 is 1.22 bits per heavy atom. The molecule has 5 heteroatoms. The van der Waals surface area contributed by atoms with Crippen molar-refractivity contribution in [1.82, 2.24) is 15.3 Å². The molecule has 2 aliphatic rings. The van der Waals surface area contributed by atoms with Crippen molar-refractivity contribution in [1.29, 1.82) is 0 Å². The highest BCUT2D eigenvalue weighted by molar-refractivity contribution is 5.39. The smallest absolute Gasteiger partial charge is 0.132 e. The Balaban J connectivity index is 1.76. The monoisotopic (exact) mass is 248 g/mol. The minimum absolute atomic E-state index is 0.178. The van der Waals surface area contributed by atoms with E-state index in [0.717, 1.165) is 57.1 Å². The maximum Gasteiger partial charge on any atom is 0.132 e. The molecule has 98 valence electrons. The lowest BCUT2D eigenvalue weighted by molar-refractivity contribution is 0.108. The summed E-state index contributed by atoms with van der Waals surface area (Å²) in [7, 11) is 0. The number of anilines is 1. The molecule has 1 aromatic rings. The second-order valence-electron chi connectivity index (χ2n) is 4.89. The number of aromatic nitrogens is 2. The maximum absolute atomic E-state index is 5.68. The molecule has 1 atom stereocenters. The summed E-state index contributed by atoms with van der Waals surface area (Å²) in [6, 6.07) is 2.10. The zero-order valence-corrected chi connectivity index (χ0v) is 10.6. The fourth-order valence-corrected chi connectivity index (χ4v) is 2.60. The van der Waals surface area contributed by atoms with Crippen molar-refractivity contribution in [2.75, 3.05) is 37.7 Å². The van der Waals surface area contributed by atoms with Gasteiger partial charge in [0.2, 0.25) is 0 Å². The van der Waals surface area contributed by atoms with E-state index in [1.165, 1.54) is 6.42 Å². The van der Waals surface area contributed by atoms with Gasteiger partial charge in [-0.2, -0.15) is 0 Å². The standard InChI is InChI=1S/C13H20N4O/c1-3-12(18-8-1)11-9-13(16-10-15-11)17-6-2-4-14-5-7-17/h9-10,12,14H,1-8H2. The molecule has 1 N–H and O–H groups in total. The third-order valence-corrected chi connectivity index (χ3v) is 3.60. The Hall–Kier alpha value is -1.20. The average Bonchev–Trinajstić information content (AvgIpc) is 2.82. The number of hydrogen-bond acceptors (Lipinski definition) is 5. The van der Waals surface area contributed by atoms with Crippen molar-refractivity contribution in [3.63, 3.8) is 0 Å². The molecule has 0 bridgehead atoms. The van der Waals surface area contributed by atoms with Crippen LogP contribution in [0, 0.1) is 0 Å². The predicted molar refractivity (Wildman–Crippen MR) is 69.7 cm³/mol. The summed E-state index contributed by atoms with van der Waals surface area (Å²) in [6.07, 6.45) is 5.23. The van der Waals surface area contributed by atoms with Gasteiger partial charge in [-0.25, -0.2) is 9.97 Å². The van der Waals surface area contributed by atoms with Crippen LogP contribution in [0.1, 0.15) is 31.1 Å². The van der Waals surface area contributed by atoms with Crippen molar-refractivity contribution >= 4 is 5.82 Å². The first-order chi connectivity index (χ1) is 8.93. The third-order valence-electron chi connectivity index (χ3n) is 3.60. The second kappa shape index (κ2) is 5.63. The van der Waals surface area contributed by atoms with Crippen LogP contribution >= 0.6 is 0 Å². The summed E-state index contributed by atoms with van der Waals surface area (Å²) in [5.41, 5.74) is 1.04. The average molecular weight is 248 g/mol. The van der Waals surface area contributed by atoms with Crippen molar-refractivity contribution in [2.24, 2.45) is 0 Å². The number of ether oxygens (including phenoxy) is 1. The zero-order chi connectivity index (χ0) is 12.2. The Morgan fingerprint density at radius 2 is 2.22 bits per heavy atom. The first-order valence-corrected chi connectivity index (χ1v) is 6.83. The molecular weight excluding hydrogens is 228 g/mol. The van der Waals surface area contributed by atoms with Gasteiger partial charge in [-0.1, -0.05) is 0 Å². The quantitative estimate of drug-likeness (QED) is 0.850. The summed E-state index contributed by atoms with van der Waals surface area (Å²) in [5.74, 6) is 1.04. The van der Waals surface area contributed by atoms with E-state index in [-0.39, 0.29) is 6.10 Å². The van der Waals surface area contributed by atoms with E-state index < -0.39 is 0 Å². The van der Waals surface area contributed by atoms with E-state index in [2.05, 4.69) is 26.3 Å². The SMILES string of the molecule is c1nc(C2CCCO2)cc(N2CCCNCC2)n1. The van der Waals surface area contributed by atoms with Gasteiger partial charge in [0, 0.05) is 32.3 Å². The molecule has 0 aromatic carbocycles. The summed E-state index contributed by atoms with van der Waals surface area (Å²) in [4.78, 5) is 11.1. The molecule has 1 unspecified atom stereocenters. The van der Waals surface area contributed by atoms with E-state index in [1.54, 1.807) is 6.33 Å². The molecule has 0 saturated carbocycles. The van der Waals surface area contributed by atoms with Crippen LogP contribution in [0.3, 0.4) is 0 Å². The molecule has 2 saturated heterocycles. The lowest BCUT2D eigenvalue weighted by Crippen LogP contribution is -2.28. The minimum Gasteiger partial charge on any atom is -0.372 e. The van der Waals surface area contributed by atoms with Crippen LogP contribution < -0.4 is 10.2 Å². The molecule has 1 aromatic heterocycles. The number of nitrogens with zero attached hydrogens (tertiary/aromatic N) is 3. The van der Waals surface area contributed by atoms with Crippen molar-refractivity contribution in [3.05, 3.63) is 18.1 Å². The van der Waals surface area contributed by atoms with Crippen LogP contribution in [0.4, 0.5) is 5.82 Å². The van der Waals surface area contributed by atoms with Crippen LogP contribution in [-0.2, 0) is 4.74 Å². The Morgan fingerprint density at radius 3 is 3.11 bits per heavy atom. The van der Waals surface area contributed by atoms with Crippen LogP contribution in [-0.4, -0.2) is 42.8 Å². The van der Waals surface area contributed by atoms with Crippen LogP contribution in [0.25, 0.3) is 0 Å². The van der Waals surface area contributed by atoms with Gasteiger partial charge in [0.25, 0.3) is 0 Å². The van der Waals surface area contributed by atoms with Gasteiger partial charge in [-0.3, -0.25) is 0 Å². The van der Waals surface area contributed by atoms with E-state index in [9.17, 15) is 0 Å². The molecule has 18 heavy (non-hydrogen) atoms. The van der Waals surface area contributed by atoms with E-state index in [0.29, 0.717) is 0 Å². The van der Waals surface area contributed by atoms with Crippen LogP contribution in [0.5, 0.6) is 0 Å². The van der Waals surface area contributed by atoms with Crippen molar-refractivity contribution < 1.29 is 4.74 Å². The highest BCUT2D eigenvalue weighted by atomic mass is 16.5. The highest BCUT2D eigenvalue weighted by Crippen LogP contribution is 2.28. The van der Waals surface area contributed by atoms with Gasteiger partial charge in [-0.15, -0.1) is 0 Å². The van der Waals surface area contributed by atoms with Crippen LogP contribution in [0.2, 0.25) is 0 Å². The summed E-state index contributed by atoms with van der Waals surface area (Å²) in [6.45, 7) is 5.06. The predicted octanol–water partition coefficient (Wildman–Crippen LogP) is 1.13. The molecule has 0 radical (unpaired) electrons. The van der Waals surface area contributed by atoms with E-state index >= 15 is 0 Å². The van der Waals surface area contributed by atoms with E-state index in [1.807, 2.05) is 0 Å². The van der Waals surface area contributed by atoms with Gasteiger partial charge in [0.1, 0.15) is 12.1 Å². The molecule has 0 amide bonds. The lowest BCUT2D eigenvalue weighted by atomic mass is 10.2. The molecule has 2 fully saturated rings. The van der Waals surface area contributed by atoms with Gasteiger partial charge in [-0.05, 0) is 25.8 Å². The zero-order valence-electron chi connectivity index (χ0n) is 10.6. The van der Waals surface area contributed by atoms with Crippen molar-refractivity contribution in [3.8, 4) is 0 Å². The fraction of sp³-hybridized carbons (Fsp3) is 0.692. The fourth-order valence-electron chi connectivity index (χ4n) is 2.60. The first-order valence-electron chi connectivity index (χ1n) is 6.83.